The molecule has 9 heteroatoms. The molecule has 0 bridgehead atoms. The molecule has 0 aromatic carbocycles. The first-order valence-electron chi connectivity index (χ1n) is 9.82. The fourth-order valence-corrected chi connectivity index (χ4v) is 4.47. The Morgan fingerprint density at radius 3 is 2.82 bits per heavy atom. The lowest BCUT2D eigenvalue weighted by molar-refractivity contribution is 0.0299. The van der Waals surface area contributed by atoms with Gasteiger partial charge in [0, 0.05) is 37.6 Å². The van der Waals surface area contributed by atoms with Gasteiger partial charge in [0.25, 0.3) is 11.8 Å². The molecule has 1 unspecified atom stereocenters. The number of ether oxygens (including phenoxy) is 1. The smallest absolute Gasteiger partial charge is 0.276 e. The average molecular weight is 404 g/mol. The lowest BCUT2D eigenvalue weighted by Crippen LogP contribution is -2.44. The molecule has 2 aromatic rings. The van der Waals surface area contributed by atoms with Gasteiger partial charge in [-0.25, -0.2) is 0 Å². The summed E-state index contributed by atoms with van der Waals surface area (Å²) in [7, 11) is 0. The normalized spacial score (nSPS) is 20.4. The van der Waals surface area contributed by atoms with E-state index in [1.54, 1.807) is 27.1 Å². The van der Waals surface area contributed by atoms with Crippen LogP contribution in [0.3, 0.4) is 0 Å². The largest absolute Gasteiger partial charge is 0.378 e. The van der Waals surface area contributed by atoms with Crippen molar-refractivity contribution in [1.82, 2.24) is 24.8 Å². The van der Waals surface area contributed by atoms with Gasteiger partial charge in [0.1, 0.15) is 0 Å². The van der Waals surface area contributed by atoms with Crippen LogP contribution in [0.1, 0.15) is 46.5 Å². The number of rotatable bonds is 5. The first-order chi connectivity index (χ1) is 13.7. The Bertz CT molecular complexity index is 800. The van der Waals surface area contributed by atoms with Crippen molar-refractivity contribution in [2.24, 2.45) is 0 Å². The number of morpholine rings is 1. The first kappa shape index (κ1) is 19.1. The van der Waals surface area contributed by atoms with Crippen molar-refractivity contribution in [3.05, 3.63) is 34.3 Å². The van der Waals surface area contributed by atoms with Gasteiger partial charge in [0.2, 0.25) is 0 Å². The third-order valence-corrected chi connectivity index (χ3v) is 6.09. The van der Waals surface area contributed by atoms with E-state index in [2.05, 4.69) is 10.3 Å². The van der Waals surface area contributed by atoms with Gasteiger partial charge in [-0.05, 0) is 37.1 Å². The van der Waals surface area contributed by atoms with Gasteiger partial charge in [-0.2, -0.15) is 11.3 Å². The molecule has 2 amide bonds. The summed E-state index contributed by atoms with van der Waals surface area (Å²) in [5, 5.41) is 12.0. The molecular weight excluding hydrogens is 378 g/mol. The molecule has 0 N–H and O–H groups in total. The maximum absolute atomic E-state index is 12.8. The third kappa shape index (κ3) is 4.25. The minimum absolute atomic E-state index is 0.0959. The average Bonchev–Trinajstić information content (AvgIpc) is 3.44. The number of amides is 2. The van der Waals surface area contributed by atoms with E-state index in [1.807, 2.05) is 21.7 Å². The number of piperidine rings is 1. The number of likely N-dealkylation sites (tertiary alicyclic amines) is 1. The number of hydrogen-bond acceptors (Lipinski definition) is 6. The van der Waals surface area contributed by atoms with Gasteiger partial charge in [-0.15, -0.1) is 5.10 Å². The Labute approximate surface area is 168 Å². The molecule has 0 spiro atoms. The van der Waals surface area contributed by atoms with Gasteiger partial charge in [-0.3, -0.25) is 14.3 Å². The molecule has 2 aliphatic heterocycles. The van der Waals surface area contributed by atoms with Crippen molar-refractivity contribution in [1.29, 1.82) is 0 Å². The second-order valence-corrected chi connectivity index (χ2v) is 8.00. The summed E-state index contributed by atoms with van der Waals surface area (Å²) in [4.78, 5) is 29.0. The zero-order valence-corrected chi connectivity index (χ0v) is 16.6. The van der Waals surface area contributed by atoms with Gasteiger partial charge in [0.15, 0.2) is 5.69 Å². The van der Waals surface area contributed by atoms with Crippen molar-refractivity contribution in [2.75, 3.05) is 32.8 Å². The third-order valence-electron chi connectivity index (χ3n) is 5.40. The molecule has 0 radical (unpaired) electrons. The maximum atomic E-state index is 12.8. The first-order valence-corrected chi connectivity index (χ1v) is 10.8. The summed E-state index contributed by atoms with van der Waals surface area (Å²) in [5.74, 6) is 0.0224. The molecule has 2 fully saturated rings. The minimum Gasteiger partial charge on any atom is -0.378 e. The Morgan fingerprint density at radius 1 is 1.18 bits per heavy atom. The minimum atomic E-state index is -0.0959. The van der Waals surface area contributed by atoms with E-state index in [1.165, 1.54) is 0 Å². The van der Waals surface area contributed by atoms with Crippen molar-refractivity contribution < 1.29 is 14.3 Å². The standard InChI is InChI=1S/C19H25N5O3S/c25-18(15-5-12-28-14-15)24-6-2-1-3-16(24)4-7-23-13-17(20-21-23)19(26)22-8-10-27-11-9-22/h5,12-14,16H,1-4,6-11H2. The van der Waals surface area contributed by atoms with Gasteiger partial charge >= 0.3 is 0 Å². The van der Waals surface area contributed by atoms with Crippen LogP contribution in [0.2, 0.25) is 0 Å². The SMILES string of the molecule is O=C(c1cn(CCC2CCCCN2C(=O)c2ccsc2)nn1)N1CCOCC1. The van der Waals surface area contributed by atoms with E-state index in [0.29, 0.717) is 38.5 Å². The van der Waals surface area contributed by atoms with Crippen LogP contribution in [-0.2, 0) is 11.3 Å². The van der Waals surface area contributed by atoms with E-state index < -0.39 is 0 Å². The Hall–Kier alpha value is -2.26. The molecule has 2 aromatic heterocycles. The number of aryl methyl sites for hydroxylation is 1. The summed E-state index contributed by atoms with van der Waals surface area (Å²) in [6.07, 6.45) is 5.71. The molecular formula is C19H25N5O3S. The highest BCUT2D eigenvalue weighted by Crippen LogP contribution is 2.23. The summed E-state index contributed by atoms with van der Waals surface area (Å²) in [6.45, 7) is 3.75. The predicted molar refractivity (Wildman–Crippen MR) is 104 cm³/mol. The number of carbonyl (C=O) groups excluding carboxylic acids is 2. The Morgan fingerprint density at radius 2 is 2.04 bits per heavy atom. The Balaban J connectivity index is 1.36. The highest BCUT2D eigenvalue weighted by molar-refractivity contribution is 7.08. The van der Waals surface area contributed by atoms with Crippen LogP contribution in [-0.4, -0.2) is 75.5 Å². The number of aromatic nitrogens is 3. The van der Waals surface area contributed by atoms with E-state index in [9.17, 15) is 9.59 Å². The van der Waals surface area contributed by atoms with E-state index in [0.717, 1.165) is 37.8 Å². The van der Waals surface area contributed by atoms with Crippen LogP contribution in [0.4, 0.5) is 0 Å². The highest BCUT2D eigenvalue weighted by Gasteiger charge is 2.28. The second kappa shape index (κ2) is 8.83. The maximum Gasteiger partial charge on any atom is 0.276 e. The summed E-state index contributed by atoms with van der Waals surface area (Å²) in [6, 6.07) is 2.09. The lowest BCUT2D eigenvalue weighted by Gasteiger charge is -2.35. The van der Waals surface area contributed by atoms with Crippen LogP contribution < -0.4 is 0 Å². The van der Waals surface area contributed by atoms with E-state index in [4.69, 9.17) is 4.74 Å². The van der Waals surface area contributed by atoms with Gasteiger partial charge < -0.3 is 14.5 Å². The molecule has 2 aliphatic rings. The second-order valence-electron chi connectivity index (χ2n) is 7.22. The Kier molecular flexibility index (Phi) is 6.01. The van der Waals surface area contributed by atoms with Crippen molar-refractivity contribution in [3.8, 4) is 0 Å². The van der Waals surface area contributed by atoms with Crippen LogP contribution in [0.15, 0.2) is 23.0 Å². The van der Waals surface area contributed by atoms with Gasteiger partial charge in [-0.1, -0.05) is 5.21 Å². The zero-order valence-electron chi connectivity index (χ0n) is 15.8. The molecule has 0 saturated carbocycles. The fraction of sp³-hybridized carbons (Fsp3) is 0.579. The molecule has 1 atom stereocenters. The highest BCUT2D eigenvalue weighted by atomic mass is 32.1. The quantitative estimate of drug-likeness (QED) is 0.762. The topological polar surface area (TPSA) is 80.6 Å². The van der Waals surface area contributed by atoms with E-state index >= 15 is 0 Å². The van der Waals surface area contributed by atoms with Crippen molar-refractivity contribution in [3.63, 3.8) is 0 Å². The molecule has 4 heterocycles. The molecule has 4 rings (SSSR count). The summed E-state index contributed by atoms with van der Waals surface area (Å²) >= 11 is 1.55. The molecule has 150 valence electrons. The van der Waals surface area contributed by atoms with Crippen LogP contribution in [0, 0.1) is 0 Å². The van der Waals surface area contributed by atoms with Crippen molar-refractivity contribution >= 4 is 23.2 Å². The number of carbonyl (C=O) groups is 2. The summed E-state index contributed by atoms with van der Waals surface area (Å²) in [5.41, 5.74) is 1.15. The zero-order chi connectivity index (χ0) is 19.3. The van der Waals surface area contributed by atoms with Crippen LogP contribution in [0.5, 0.6) is 0 Å². The van der Waals surface area contributed by atoms with Crippen LogP contribution >= 0.6 is 11.3 Å². The molecule has 0 aliphatic carbocycles. The lowest BCUT2D eigenvalue weighted by atomic mass is 9.98. The van der Waals surface area contributed by atoms with Crippen LogP contribution in [0.25, 0.3) is 0 Å². The van der Waals surface area contributed by atoms with Crippen molar-refractivity contribution in [2.45, 2.75) is 38.3 Å². The monoisotopic (exact) mass is 403 g/mol. The summed E-state index contributed by atoms with van der Waals surface area (Å²) < 4.78 is 7.00. The number of nitrogens with zero attached hydrogens (tertiary/aromatic N) is 5. The van der Waals surface area contributed by atoms with Gasteiger partial charge in [0.05, 0.1) is 25.0 Å². The predicted octanol–water partition coefficient (Wildman–Crippen LogP) is 1.90. The molecule has 2 saturated heterocycles. The molecule has 28 heavy (non-hydrogen) atoms. The fourth-order valence-electron chi connectivity index (χ4n) is 3.84. The molecule has 8 nitrogen and oxygen atoms in total. The number of thiophene rings is 1. The number of hydrogen-bond donors (Lipinski definition) is 0. The van der Waals surface area contributed by atoms with E-state index in [-0.39, 0.29) is 17.9 Å².